The molecule has 270 valence electrons. The Morgan fingerprint density at radius 3 is 1.87 bits per heavy atom. The summed E-state index contributed by atoms with van der Waals surface area (Å²) in [6, 6.07) is 26.6. The van der Waals surface area contributed by atoms with Crippen molar-refractivity contribution in [1.82, 2.24) is 29.7 Å². The van der Waals surface area contributed by atoms with Crippen LogP contribution in [0.1, 0.15) is 75.8 Å². The van der Waals surface area contributed by atoms with Gasteiger partial charge in [-0.05, 0) is 80.2 Å². The van der Waals surface area contributed by atoms with Crippen LogP contribution in [0.2, 0.25) is 0 Å². The Kier molecular flexibility index (Phi) is 9.23. The number of carbonyl (C=O) groups excluding carboxylic acids is 1. The highest BCUT2D eigenvalue weighted by Crippen LogP contribution is 2.37. The number of aromatic nitrogens is 4. The van der Waals surface area contributed by atoms with Gasteiger partial charge in [0.15, 0.2) is 0 Å². The molecular formula is C42H49N7O3. The van der Waals surface area contributed by atoms with Crippen LogP contribution in [0.15, 0.2) is 91.3 Å². The first kappa shape index (κ1) is 34.3. The van der Waals surface area contributed by atoms with Gasteiger partial charge in [0.25, 0.3) is 0 Å². The molecule has 3 aliphatic rings. The van der Waals surface area contributed by atoms with Gasteiger partial charge < -0.3 is 30.0 Å². The first-order valence-electron chi connectivity index (χ1n) is 18.7. The fourth-order valence-corrected chi connectivity index (χ4v) is 8.04. The third kappa shape index (κ3) is 7.15. The van der Waals surface area contributed by atoms with Gasteiger partial charge in [-0.15, -0.1) is 0 Å². The molecule has 10 nitrogen and oxygen atoms in total. The molecule has 0 saturated carbocycles. The van der Waals surface area contributed by atoms with E-state index in [2.05, 4.69) is 73.3 Å². The molecule has 3 fully saturated rings. The molecule has 52 heavy (non-hydrogen) atoms. The molecule has 10 heteroatoms. The van der Waals surface area contributed by atoms with Crippen LogP contribution in [0.5, 0.6) is 0 Å². The normalized spacial score (nSPS) is 21.0. The minimum absolute atomic E-state index is 0.105. The molecule has 0 aliphatic carbocycles. The Hall–Kier alpha value is -4.77. The maximum Gasteiger partial charge on any atom is 0.245 e. The van der Waals surface area contributed by atoms with Crippen LogP contribution < -0.4 is 4.90 Å². The topological polar surface area (TPSA) is 125 Å². The third-order valence-corrected chi connectivity index (χ3v) is 11.5. The summed E-state index contributed by atoms with van der Waals surface area (Å²) < 4.78 is 0. The van der Waals surface area contributed by atoms with Gasteiger partial charge in [-0.1, -0.05) is 78.9 Å². The molecule has 4 N–H and O–H groups in total. The zero-order chi connectivity index (χ0) is 35.9. The number of aliphatic hydroxyl groups is 2. The molecule has 5 heterocycles. The number of benzene rings is 3. The summed E-state index contributed by atoms with van der Waals surface area (Å²) in [5, 5.41) is 20.9. The fraction of sp³-hybridized carbons (Fsp3) is 0.405. The fourth-order valence-electron chi connectivity index (χ4n) is 8.04. The van der Waals surface area contributed by atoms with Crippen molar-refractivity contribution in [2.45, 2.75) is 75.7 Å². The van der Waals surface area contributed by atoms with Gasteiger partial charge in [-0.3, -0.25) is 9.69 Å². The molecule has 0 radical (unpaired) electrons. The first-order chi connectivity index (χ1) is 25.1. The number of likely N-dealkylation sites (tertiary alicyclic amines) is 2. The maximum absolute atomic E-state index is 14.4. The summed E-state index contributed by atoms with van der Waals surface area (Å²) in [6.45, 7) is 7.43. The lowest BCUT2D eigenvalue weighted by Gasteiger charge is -2.41. The average molecular weight is 700 g/mol. The number of carbonyl (C=O) groups is 1. The number of piperidine rings is 2. The number of rotatable bonds is 8. The Labute approximate surface area is 305 Å². The standard InChI is InChI=1S/C42H49N7O3/c1-41(51)18-23-47(24-19-41)37(33-7-4-3-5-8-33)39(50)49-22-6-9-36(49)38-43-27-34(45-38)31-14-10-29(11-15-31)30-12-16-32(17-13-30)35-28-44-40(46-35)48-25-20-42(2,52)21-26-48/h3-5,7-8,10-17,27-28,36-37,51-52H,6,9,18-26H2,1-2H3,(H,43,45)(H,44,46)/t36?,37-/m1/s1. The molecule has 1 amide bonds. The molecular weight excluding hydrogens is 651 g/mol. The van der Waals surface area contributed by atoms with Gasteiger partial charge in [0, 0.05) is 32.7 Å². The number of amides is 1. The molecule has 3 aliphatic heterocycles. The summed E-state index contributed by atoms with van der Waals surface area (Å²) >= 11 is 0. The molecule has 0 bridgehead atoms. The predicted molar refractivity (Wildman–Crippen MR) is 203 cm³/mol. The monoisotopic (exact) mass is 699 g/mol. The Balaban J connectivity index is 0.941. The highest BCUT2D eigenvalue weighted by Gasteiger charge is 2.40. The van der Waals surface area contributed by atoms with Crippen molar-refractivity contribution in [1.29, 1.82) is 0 Å². The molecule has 1 unspecified atom stereocenters. The van der Waals surface area contributed by atoms with Crippen LogP contribution in [-0.2, 0) is 4.79 Å². The van der Waals surface area contributed by atoms with E-state index in [4.69, 9.17) is 4.98 Å². The van der Waals surface area contributed by atoms with Gasteiger partial charge >= 0.3 is 0 Å². The van der Waals surface area contributed by atoms with E-state index in [1.54, 1.807) is 0 Å². The number of hydrogen-bond acceptors (Lipinski definition) is 7. The van der Waals surface area contributed by atoms with Crippen LogP contribution >= 0.6 is 0 Å². The molecule has 3 aromatic carbocycles. The minimum Gasteiger partial charge on any atom is -0.390 e. The molecule has 0 spiro atoms. The van der Waals surface area contributed by atoms with Gasteiger partial charge in [0.05, 0.1) is 41.0 Å². The highest BCUT2D eigenvalue weighted by atomic mass is 16.3. The molecule has 2 atom stereocenters. The van der Waals surface area contributed by atoms with Crippen molar-refractivity contribution >= 4 is 11.9 Å². The number of H-pyrrole nitrogens is 2. The van der Waals surface area contributed by atoms with Crippen LogP contribution in [0.25, 0.3) is 33.6 Å². The number of aromatic amines is 2. The second-order valence-corrected chi connectivity index (χ2v) is 15.5. The van der Waals surface area contributed by atoms with Crippen molar-refractivity contribution < 1.29 is 15.0 Å². The highest BCUT2D eigenvalue weighted by molar-refractivity contribution is 5.84. The average Bonchev–Trinajstić information content (AvgIpc) is 3.95. The summed E-state index contributed by atoms with van der Waals surface area (Å²) in [5.74, 6) is 1.78. The summed E-state index contributed by atoms with van der Waals surface area (Å²) in [7, 11) is 0. The van der Waals surface area contributed by atoms with Gasteiger partial charge in [-0.25, -0.2) is 9.97 Å². The van der Waals surface area contributed by atoms with Crippen molar-refractivity contribution in [2.24, 2.45) is 0 Å². The van der Waals surface area contributed by atoms with Gasteiger partial charge in [-0.2, -0.15) is 0 Å². The van der Waals surface area contributed by atoms with Crippen LogP contribution in [-0.4, -0.2) is 89.8 Å². The Bertz CT molecular complexity index is 1960. The lowest BCUT2D eigenvalue weighted by Crippen LogP contribution is -2.49. The molecule has 2 aromatic heterocycles. The number of anilines is 1. The minimum atomic E-state index is -0.686. The summed E-state index contributed by atoms with van der Waals surface area (Å²) in [5.41, 5.74) is 6.00. The lowest BCUT2D eigenvalue weighted by atomic mass is 9.91. The first-order valence-corrected chi connectivity index (χ1v) is 18.7. The van der Waals surface area contributed by atoms with E-state index in [0.29, 0.717) is 32.5 Å². The van der Waals surface area contributed by atoms with E-state index < -0.39 is 11.2 Å². The van der Waals surface area contributed by atoms with Gasteiger partial charge in [0.1, 0.15) is 11.9 Å². The van der Waals surface area contributed by atoms with Crippen molar-refractivity contribution in [3.8, 4) is 33.6 Å². The number of nitrogens with zero attached hydrogens (tertiary/aromatic N) is 5. The second-order valence-electron chi connectivity index (χ2n) is 15.5. The smallest absolute Gasteiger partial charge is 0.245 e. The summed E-state index contributed by atoms with van der Waals surface area (Å²) in [4.78, 5) is 37.3. The Morgan fingerprint density at radius 1 is 0.712 bits per heavy atom. The summed E-state index contributed by atoms with van der Waals surface area (Å²) in [6.07, 6.45) is 8.33. The van der Waals surface area contributed by atoms with Crippen molar-refractivity contribution in [3.05, 3.63) is 103 Å². The molecule has 3 saturated heterocycles. The zero-order valence-electron chi connectivity index (χ0n) is 30.1. The van der Waals surface area contributed by atoms with E-state index in [9.17, 15) is 15.0 Å². The van der Waals surface area contributed by atoms with Crippen LogP contribution in [0.3, 0.4) is 0 Å². The van der Waals surface area contributed by atoms with E-state index >= 15 is 0 Å². The van der Waals surface area contributed by atoms with E-state index in [-0.39, 0.29) is 18.0 Å². The van der Waals surface area contributed by atoms with E-state index in [1.807, 2.05) is 61.5 Å². The maximum atomic E-state index is 14.4. The van der Waals surface area contributed by atoms with Crippen molar-refractivity contribution in [3.63, 3.8) is 0 Å². The molecule has 5 aromatic rings. The molecule has 8 rings (SSSR count). The lowest BCUT2D eigenvalue weighted by molar-refractivity contribution is -0.140. The Morgan fingerprint density at radius 2 is 1.25 bits per heavy atom. The SMILES string of the molecule is CC1(O)CCN(c2ncc(-c3ccc(-c4ccc(-c5cnc(C6CCCN6C(=O)[C@@H](c6ccccc6)N6CCC(C)(O)CC6)[nH]5)cc4)cc3)[nH]2)CC1. The number of hydrogen-bond donors (Lipinski definition) is 4. The predicted octanol–water partition coefficient (Wildman–Crippen LogP) is 6.74. The third-order valence-electron chi connectivity index (χ3n) is 11.5. The van der Waals surface area contributed by atoms with Gasteiger partial charge in [0.2, 0.25) is 11.9 Å². The van der Waals surface area contributed by atoms with Crippen LogP contribution in [0.4, 0.5) is 5.95 Å². The zero-order valence-corrected chi connectivity index (χ0v) is 30.1. The van der Waals surface area contributed by atoms with E-state index in [1.165, 1.54) is 0 Å². The number of imidazole rings is 2. The van der Waals surface area contributed by atoms with Crippen LogP contribution in [0, 0.1) is 0 Å². The second kappa shape index (κ2) is 14.0. The van der Waals surface area contributed by atoms with E-state index in [0.717, 1.165) is 89.8 Å². The number of nitrogens with one attached hydrogen (secondary N) is 2. The quantitative estimate of drug-likeness (QED) is 0.142. The largest absolute Gasteiger partial charge is 0.390 e. The van der Waals surface area contributed by atoms with Crippen molar-refractivity contribution in [2.75, 3.05) is 37.6 Å².